The molecule has 0 saturated carbocycles. The van der Waals surface area contributed by atoms with Gasteiger partial charge in [0.25, 0.3) is 0 Å². The van der Waals surface area contributed by atoms with E-state index in [1.807, 2.05) is 0 Å². The summed E-state index contributed by atoms with van der Waals surface area (Å²) in [6, 6.07) is 0. The minimum Gasteiger partial charge on any atom is -0.389 e. The van der Waals surface area contributed by atoms with Crippen LogP contribution in [0.15, 0.2) is 0 Å². The number of rotatable bonds is 18. The lowest BCUT2D eigenvalue weighted by atomic mass is 10.1. The number of nitrogens with zero attached hydrogens (tertiary/aromatic N) is 3. The van der Waals surface area contributed by atoms with E-state index >= 15 is 0 Å². The molecule has 3 saturated heterocycles. The molecule has 0 aromatic heterocycles. The standard InChI is InChI=1S/C42H81I3N12O6/c43-40-37(31-61-28-34(58)25-55-19-13-49-7-1-46-2-8-50-14-20-55)41(44)39(33-63-30-36(60)27-57-23-17-53-11-5-48-6-12-54-18-24-57)42(45)38(40)32-62-29-35(59)26-56-21-15-51-9-3-47-4-10-52-16-22-56/h34-36,46-54,58-60H,1-33H2. The molecule has 366 valence electrons. The summed E-state index contributed by atoms with van der Waals surface area (Å²) in [4.78, 5) is 6.89. The highest BCUT2D eigenvalue weighted by molar-refractivity contribution is 14.1. The van der Waals surface area contributed by atoms with E-state index in [4.69, 9.17) is 14.2 Å². The summed E-state index contributed by atoms with van der Waals surface area (Å²) in [5.74, 6) is 0. The average molecular weight is 1230 g/mol. The molecule has 3 unspecified atom stereocenters. The molecule has 12 N–H and O–H groups in total. The number of ether oxygens (including phenoxy) is 3. The molecule has 63 heavy (non-hydrogen) atoms. The minimum atomic E-state index is -0.632. The van der Waals surface area contributed by atoms with E-state index in [2.05, 4.69) is 130 Å². The first-order valence-corrected chi connectivity index (χ1v) is 26.5. The molecule has 21 heteroatoms. The van der Waals surface area contributed by atoms with Gasteiger partial charge in [-0.25, -0.2) is 0 Å². The summed E-state index contributed by atoms with van der Waals surface area (Å²) in [5, 5.41) is 64.7. The first-order valence-electron chi connectivity index (χ1n) is 23.3. The maximum Gasteiger partial charge on any atom is 0.0900 e. The number of nitrogens with one attached hydrogen (secondary N) is 9. The zero-order chi connectivity index (χ0) is 44.7. The van der Waals surface area contributed by atoms with Gasteiger partial charge in [-0.2, -0.15) is 0 Å². The molecule has 1 aromatic carbocycles. The van der Waals surface area contributed by atoms with Crippen molar-refractivity contribution in [1.82, 2.24) is 62.6 Å². The highest BCUT2D eigenvalue weighted by Gasteiger charge is 2.23. The van der Waals surface area contributed by atoms with Crippen molar-refractivity contribution in [3.8, 4) is 0 Å². The Morgan fingerprint density at radius 1 is 0.349 bits per heavy atom. The minimum absolute atomic E-state index is 0.215. The van der Waals surface area contributed by atoms with Crippen LogP contribution < -0.4 is 47.9 Å². The summed E-state index contributed by atoms with van der Waals surface area (Å²) >= 11 is 7.20. The van der Waals surface area contributed by atoms with Crippen LogP contribution in [0.5, 0.6) is 0 Å². The van der Waals surface area contributed by atoms with E-state index in [1.54, 1.807) is 0 Å². The summed E-state index contributed by atoms with van der Waals surface area (Å²) in [5.41, 5.74) is 3.08. The van der Waals surface area contributed by atoms with Crippen LogP contribution in [0.25, 0.3) is 0 Å². The smallest absolute Gasteiger partial charge is 0.0900 e. The number of benzene rings is 1. The lowest BCUT2D eigenvalue weighted by Gasteiger charge is -2.27. The zero-order valence-electron chi connectivity index (χ0n) is 37.6. The molecule has 3 aliphatic rings. The summed E-state index contributed by atoms with van der Waals surface area (Å²) in [6.07, 6.45) is -1.90. The molecule has 18 nitrogen and oxygen atoms in total. The van der Waals surface area contributed by atoms with Crippen molar-refractivity contribution in [3.05, 3.63) is 27.4 Å². The highest BCUT2D eigenvalue weighted by atomic mass is 127. The van der Waals surface area contributed by atoms with E-state index in [9.17, 15) is 15.3 Å². The first-order chi connectivity index (χ1) is 30.8. The van der Waals surface area contributed by atoms with Gasteiger partial charge >= 0.3 is 0 Å². The Morgan fingerprint density at radius 3 is 0.746 bits per heavy atom. The van der Waals surface area contributed by atoms with Gasteiger partial charge in [-0.05, 0) is 67.8 Å². The Labute approximate surface area is 418 Å². The maximum absolute atomic E-state index is 11.2. The summed E-state index contributed by atoms with van der Waals surface area (Å²) in [7, 11) is 0. The Morgan fingerprint density at radius 2 is 0.540 bits per heavy atom. The molecule has 3 fully saturated rings. The van der Waals surface area contributed by atoms with E-state index in [-0.39, 0.29) is 19.8 Å². The van der Waals surface area contributed by atoms with Crippen molar-refractivity contribution in [3.63, 3.8) is 0 Å². The largest absolute Gasteiger partial charge is 0.389 e. The second kappa shape index (κ2) is 35.8. The fraction of sp³-hybridized carbons (Fsp3) is 0.857. The van der Waals surface area contributed by atoms with Gasteiger partial charge in [0.15, 0.2) is 0 Å². The number of halogens is 3. The van der Waals surface area contributed by atoms with E-state index < -0.39 is 18.3 Å². The van der Waals surface area contributed by atoms with Crippen LogP contribution in [0.2, 0.25) is 0 Å². The Hall–Kier alpha value is 0.690. The van der Waals surface area contributed by atoms with Crippen LogP contribution in [-0.4, -0.2) is 245 Å². The van der Waals surface area contributed by atoms with E-state index in [1.165, 1.54) is 0 Å². The zero-order valence-corrected chi connectivity index (χ0v) is 44.1. The van der Waals surface area contributed by atoms with Gasteiger partial charge in [0, 0.05) is 204 Å². The summed E-state index contributed by atoms with van der Waals surface area (Å²) in [6.45, 7) is 24.8. The van der Waals surface area contributed by atoms with Gasteiger partial charge in [0.2, 0.25) is 0 Å². The van der Waals surface area contributed by atoms with Gasteiger partial charge in [-0.1, -0.05) is 0 Å². The summed E-state index contributed by atoms with van der Waals surface area (Å²) < 4.78 is 22.0. The maximum atomic E-state index is 11.2. The molecule has 0 aliphatic carbocycles. The van der Waals surface area contributed by atoms with Crippen LogP contribution in [0.4, 0.5) is 0 Å². The van der Waals surface area contributed by atoms with Crippen molar-refractivity contribution in [2.45, 2.75) is 38.1 Å². The van der Waals surface area contributed by atoms with Crippen molar-refractivity contribution in [2.75, 3.05) is 197 Å². The van der Waals surface area contributed by atoms with Crippen molar-refractivity contribution < 1.29 is 29.5 Å². The van der Waals surface area contributed by atoms with E-state index in [0.717, 1.165) is 184 Å². The Bertz CT molecular complexity index is 1130. The van der Waals surface area contributed by atoms with Crippen LogP contribution in [-0.2, 0) is 34.0 Å². The lowest BCUT2D eigenvalue weighted by molar-refractivity contribution is 0.00635. The monoisotopic (exact) mass is 1230 g/mol. The Balaban J connectivity index is 1.38. The van der Waals surface area contributed by atoms with Gasteiger partial charge in [-0.3, -0.25) is 14.7 Å². The quantitative estimate of drug-likeness (QED) is 0.0681. The second-order valence-electron chi connectivity index (χ2n) is 16.5. The fourth-order valence-electron chi connectivity index (χ4n) is 7.65. The third-order valence-corrected chi connectivity index (χ3v) is 15.1. The molecule has 0 spiro atoms. The number of aliphatic hydroxyl groups excluding tert-OH is 3. The van der Waals surface area contributed by atoms with Gasteiger partial charge in [0.05, 0.1) is 58.0 Å². The molecule has 3 aliphatic heterocycles. The first kappa shape index (κ1) is 56.3. The molecule has 1 aromatic rings. The Kier molecular flexibility index (Phi) is 31.9. The van der Waals surface area contributed by atoms with Crippen molar-refractivity contribution >= 4 is 67.8 Å². The second-order valence-corrected chi connectivity index (χ2v) is 19.8. The SMILES string of the molecule is OC(COCc1c(I)c(COCC(O)CN2CCNCCNCCNCC2)c(I)c(COCC(O)CN2CCNCCNCCNCC2)c1I)CN1CCNCCNCCNCC1. The third-order valence-electron chi connectivity index (χ3n) is 11.2. The average Bonchev–Trinajstić information content (AvgIpc) is 3.24. The van der Waals surface area contributed by atoms with E-state index in [0.29, 0.717) is 39.5 Å². The van der Waals surface area contributed by atoms with Crippen LogP contribution in [0.3, 0.4) is 0 Å². The number of aliphatic hydroxyl groups is 3. The number of β-amino-alcohol motifs (C(OH)–C–C–N with tert-alkyl or cyclic N) is 3. The topological polar surface area (TPSA) is 206 Å². The number of hydrogen-bond acceptors (Lipinski definition) is 18. The third kappa shape index (κ3) is 24.7. The number of hydrogen-bond donors (Lipinski definition) is 12. The fourth-order valence-corrected chi connectivity index (χ4v) is 11.8. The predicted molar refractivity (Wildman–Crippen MR) is 277 cm³/mol. The van der Waals surface area contributed by atoms with Crippen LogP contribution in [0, 0.1) is 10.7 Å². The predicted octanol–water partition coefficient (Wildman–Crippen LogP) is -2.61. The van der Waals surface area contributed by atoms with Gasteiger partial charge in [-0.15, -0.1) is 0 Å². The van der Waals surface area contributed by atoms with Crippen molar-refractivity contribution in [1.29, 1.82) is 0 Å². The highest BCUT2D eigenvalue weighted by Crippen LogP contribution is 2.34. The molecule has 0 amide bonds. The van der Waals surface area contributed by atoms with Gasteiger partial charge in [0.1, 0.15) is 0 Å². The van der Waals surface area contributed by atoms with Crippen LogP contribution in [0.1, 0.15) is 16.7 Å². The van der Waals surface area contributed by atoms with Crippen LogP contribution >= 0.6 is 67.8 Å². The molecule has 3 atom stereocenters. The normalized spacial score (nSPS) is 22.0. The lowest BCUT2D eigenvalue weighted by Crippen LogP contribution is -2.44. The molecule has 4 rings (SSSR count). The molecule has 3 heterocycles. The molecule has 0 bridgehead atoms. The van der Waals surface area contributed by atoms with Crippen molar-refractivity contribution in [2.24, 2.45) is 0 Å². The molecular formula is C42H81I3N12O6. The van der Waals surface area contributed by atoms with Gasteiger partial charge < -0.3 is 77.4 Å². The molecule has 0 radical (unpaired) electrons. The molecular weight excluding hydrogens is 1150 g/mol.